The summed E-state index contributed by atoms with van der Waals surface area (Å²) in [4.78, 5) is 43.4. The number of phenolic OH excluding ortho intramolecular Hbond substituents is 1. The molecule has 0 spiro atoms. The van der Waals surface area contributed by atoms with E-state index in [4.69, 9.17) is 18.9 Å². The number of piperazine rings is 1. The molecule has 0 radical (unpaired) electrons. The highest BCUT2D eigenvalue weighted by atomic mass is 16.7. The van der Waals surface area contributed by atoms with E-state index < -0.39 is 42.1 Å². The summed E-state index contributed by atoms with van der Waals surface area (Å²) in [6, 6.07) is 11.1. The molecule has 13 heteroatoms. The molecule has 1 saturated heterocycles. The number of nitriles is 1. The number of nitrogens with zero attached hydrogens (tertiary/aromatic N) is 3. The van der Waals surface area contributed by atoms with Gasteiger partial charge in [0.15, 0.2) is 23.0 Å². The maximum absolute atomic E-state index is 13.7. The van der Waals surface area contributed by atoms with Gasteiger partial charge >= 0.3 is 5.97 Å². The van der Waals surface area contributed by atoms with Crippen LogP contribution in [0.25, 0.3) is 0 Å². The molecule has 4 heterocycles. The minimum atomic E-state index is -0.838. The number of hydrogen-bond donors (Lipinski definition) is 3. The number of fused-ring (bicyclic) bond motifs is 9. The molecule has 7 rings (SSSR count). The number of carbonyl (C=O) groups is 3. The first-order valence-corrected chi connectivity index (χ1v) is 18.0. The lowest BCUT2D eigenvalue weighted by Crippen LogP contribution is -2.69. The number of benzene rings is 3. The Kier molecular flexibility index (Phi) is 9.69. The number of carbonyl (C=O) groups excluding carboxylic acids is 3. The Morgan fingerprint density at radius 2 is 1.81 bits per heavy atom. The van der Waals surface area contributed by atoms with Gasteiger partial charge in [0, 0.05) is 54.2 Å². The summed E-state index contributed by atoms with van der Waals surface area (Å²) in [7, 11) is 3.50. The SMILES string of the molecule is COc1c(C)cc2c(c1O)[C@@H]1C3Cc4c(OC(C)=O)c(C)c5c(c4[C@H](CNC(=O)C(C)NC(=O)CCc4ccccc4)N3[C@@H](C#N)[C@@H](C2)N1C)OCO5. The highest BCUT2D eigenvalue weighted by molar-refractivity contribution is 5.87. The van der Waals surface area contributed by atoms with Crippen LogP contribution in [0.3, 0.4) is 0 Å². The van der Waals surface area contributed by atoms with Gasteiger partial charge in [0.25, 0.3) is 0 Å². The molecule has 0 aliphatic carbocycles. The van der Waals surface area contributed by atoms with Gasteiger partial charge in [-0.15, -0.1) is 0 Å². The fraction of sp³-hybridized carbons (Fsp3) is 0.450. The number of likely N-dealkylation sites (N-methyl/N-ethyl adjacent to an activating group) is 1. The topological polar surface area (TPSA) is 163 Å². The monoisotopic (exact) mass is 723 g/mol. The normalized spacial score (nSPS) is 23.1. The van der Waals surface area contributed by atoms with Gasteiger partial charge in [-0.05, 0) is 63.8 Å². The molecule has 2 amide bonds. The molecule has 3 aromatic carbocycles. The van der Waals surface area contributed by atoms with Gasteiger partial charge < -0.3 is 34.7 Å². The molecule has 0 saturated carbocycles. The predicted octanol–water partition coefficient (Wildman–Crippen LogP) is 3.70. The third-order valence-electron chi connectivity index (χ3n) is 11.2. The van der Waals surface area contributed by atoms with Crippen LogP contribution in [0.2, 0.25) is 0 Å². The average Bonchev–Trinajstić information content (AvgIpc) is 3.62. The minimum Gasteiger partial charge on any atom is -0.504 e. The number of phenols is 1. The van der Waals surface area contributed by atoms with Crippen LogP contribution in [-0.4, -0.2) is 84.4 Å². The van der Waals surface area contributed by atoms with Crippen LogP contribution in [0.1, 0.15) is 71.3 Å². The lowest BCUT2D eigenvalue weighted by molar-refractivity contribution is -0.132. The maximum atomic E-state index is 13.7. The molecule has 278 valence electrons. The van der Waals surface area contributed by atoms with Crippen LogP contribution >= 0.6 is 0 Å². The summed E-state index contributed by atoms with van der Waals surface area (Å²) in [5.74, 6) is 0.585. The molecule has 2 bridgehead atoms. The fourth-order valence-corrected chi connectivity index (χ4v) is 8.94. The molecular formula is C40H45N5O8. The van der Waals surface area contributed by atoms with Gasteiger partial charge in [-0.2, -0.15) is 5.26 Å². The molecule has 2 unspecified atom stereocenters. The van der Waals surface area contributed by atoms with E-state index in [9.17, 15) is 24.8 Å². The number of ether oxygens (including phenoxy) is 4. The van der Waals surface area contributed by atoms with Crippen LogP contribution in [0.5, 0.6) is 28.7 Å². The number of aryl methyl sites for hydroxylation is 2. The Morgan fingerprint density at radius 3 is 2.51 bits per heavy atom. The van der Waals surface area contributed by atoms with E-state index in [0.29, 0.717) is 59.0 Å². The Labute approximate surface area is 308 Å². The van der Waals surface area contributed by atoms with Crippen molar-refractivity contribution in [2.24, 2.45) is 0 Å². The van der Waals surface area contributed by atoms with E-state index in [-0.39, 0.29) is 37.5 Å². The van der Waals surface area contributed by atoms with Gasteiger partial charge in [0.2, 0.25) is 18.6 Å². The van der Waals surface area contributed by atoms with Crippen LogP contribution in [0.15, 0.2) is 36.4 Å². The standard InChI is InChI=1S/C40H45N5O8/c1-20-14-25-15-27-29(17-41)45-28(34(44(27)5)32(25)35(48)36(20)50-6)16-26-33(39-38(51-19-52-39)21(2)37(26)53-23(4)46)30(45)18-42-40(49)22(3)43-31(47)13-12-24-10-8-7-9-11-24/h7-11,14,22,27-30,34,48H,12-13,15-16,18-19H2,1-6H3,(H,42,49)(H,43,47)/t22?,27-,28?,29+,30+,34+/m1/s1. The van der Waals surface area contributed by atoms with Crippen molar-refractivity contribution in [3.8, 4) is 34.8 Å². The van der Waals surface area contributed by atoms with Gasteiger partial charge in [-0.3, -0.25) is 24.2 Å². The third-order valence-corrected chi connectivity index (χ3v) is 11.2. The molecule has 1 fully saturated rings. The quantitative estimate of drug-likeness (QED) is 0.218. The second-order valence-electron chi connectivity index (χ2n) is 14.4. The molecule has 53 heavy (non-hydrogen) atoms. The van der Waals surface area contributed by atoms with E-state index in [1.165, 1.54) is 14.0 Å². The van der Waals surface area contributed by atoms with Gasteiger partial charge in [0.1, 0.15) is 17.8 Å². The van der Waals surface area contributed by atoms with E-state index in [1.807, 2.05) is 57.3 Å². The smallest absolute Gasteiger partial charge is 0.308 e. The van der Waals surface area contributed by atoms with Crippen LogP contribution in [0, 0.1) is 25.2 Å². The van der Waals surface area contributed by atoms with E-state index >= 15 is 0 Å². The van der Waals surface area contributed by atoms with E-state index in [2.05, 4.69) is 26.5 Å². The number of rotatable bonds is 9. The number of hydrogen-bond acceptors (Lipinski definition) is 11. The van der Waals surface area contributed by atoms with Crippen molar-refractivity contribution in [2.45, 2.75) is 89.6 Å². The number of methoxy groups -OCH3 is 1. The van der Waals surface area contributed by atoms with Crippen LogP contribution in [-0.2, 0) is 33.6 Å². The average molecular weight is 724 g/mol. The molecule has 3 aromatic rings. The van der Waals surface area contributed by atoms with Crippen molar-refractivity contribution in [3.63, 3.8) is 0 Å². The zero-order chi connectivity index (χ0) is 37.7. The summed E-state index contributed by atoms with van der Waals surface area (Å²) in [5.41, 5.74) is 5.49. The number of nitrogens with one attached hydrogen (secondary N) is 2. The highest BCUT2D eigenvalue weighted by Gasteiger charge is 2.57. The first-order valence-electron chi connectivity index (χ1n) is 18.0. The zero-order valence-electron chi connectivity index (χ0n) is 30.8. The lowest BCUT2D eigenvalue weighted by Gasteiger charge is -2.60. The Balaban J connectivity index is 1.28. The molecule has 4 aliphatic heterocycles. The van der Waals surface area contributed by atoms with E-state index in [1.54, 1.807) is 6.92 Å². The van der Waals surface area contributed by atoms with Gasteiger partial charge in [-0.1, -0.05) is 36.4 Å². The number of aromatic hydroxyl groups is 1. The summed E-state index contributed by atoms with van der Waals surface area (Å²) >= 11 is 0. The predicted molar refractivity (Wildman–Crippen MR) is 193 cm³/mol. The molecule has 3 N–H and O–H groups in total. The lowest BCUT2D eigenvalue weighted by atomic mass is 9.71. The van der Waals surface area contributed by atoms with Gasteiger partial charge in [0.05, 0.1) is 25.3 Å². The van der Waals surface area contributed by atoms with Crippen molar-refractivity contribution in [2.75, 3.05) is 27.5 Å². The summed E-state index contributed by atoms with van der Waals surface area (Å²) in [6.45, 7) is 6.68. The van der Waals surface area contributed by atoms with Crippen molar-refractivity contribution in [3.05, 3.63) is 75.3 Å². The fourth-order valence-electron chi connectivity index (χ4n) is 8.94. The summed E-state index contributed by atoms with van der Waals surface area (Å²) in [6.07, 6.45) is 1.62. The molecule has 6 atom stereocenters. The molecule has 13 nitrogen and oxygen atoms in total. The third kappa shape index (κ3) is 6.19. The minimum absolute atomic E-state index is 0.0440. The maximum Gasteiger partial charge on any atom is 0.308 e. The molecule has 4 aliphatic rings. The second kappa shape index (κ2) is 14.2. The van der Waals surface area contributed by atoms with Crippen molar-refractivity contribution in [1.82, 2.24) is 20.4 Å². The second-order valence-corrected chi connectivity index (χ2v) is 14.4. The first kappa shape index (κ1) is 36.1. The Bertz CT molecular complexity index is 2010. The number of amides is 2. The van der Waals surface area contributed by atoms with E-state index in [0.717, 1.165) is 22.3 Å². The Morgan fingerprint density at radius 1 is 1.08 bits per heavy atom. The summed E-state index contributed by atoms with van der Waals surface area (Å²) in [5, 5.41) is 28.5. The number of esters is 1. The zero-order valence-corrected chi connectivity index (χ0v) is 30.8. The largest absolute Gasteiger partial charge is 0.504 e. The van der Waals surface area contributed by atoms with Crippen molar-refractivity contribution >= 4 is 17.8 Å². The summed E-state index contributed by atoms with van der Waals surface area (Å²) < 4.78 is 23.6. The van der Waals surface area contributed by atoms with Crippen molar-refractivity contribution < 1.29 is 38.4 Å². The molecular weight excluding hydrogens is 678 g/mol. The van der Waals surface area contributed by atoms with Gasteiger partial charge in [-0.25, -0.2) is 0 Å². The van der Waals surface area contributed by atoms with Crippen molar-refractivity contribution in [1.29, 1.82) is 5.26 Å². The Hall–Kier alpha value is -5.32. The first-order chi connectivity index (χ1) is 25.4. The molecule has 0 aromatic heterocycles. The van der Waals surface area contributed by atoms with Crippen LogP contribution < -0.4 is 29.6 Å². The highest BCUT2D eigenvalue weighted by Crippen LogP contribution is 2.58. The van der Waals surface area contributed by atoms with Crippen LogP contribution in [0.4, 0.5) is 0 Å².